The number of nitrogens with zero attached hydrogens (tertiary/aromatic N) is 3. The summed E-state index contributed by atoms with van der Waals surface area (Å²) in [5.41, 5.74) is 17.2. The molecule has 114 valence electrons. The number of hydrogen-bond acceptors (Lipinski definition) is 8. The zero-order valence-corrected chi connectivity index (χ0v) is 11.1. The fourth-order valence-electron chi connectivity index (χ4n) is 1.93. The summed E-state index contributed by atoms with van der Waals surface area (Å²) in [4.78, 5) is 19.4. The summed E-state index contributed by atoms with van der Waals surface area (Å²) < 4.78 is 6.64. The highest BCUT2D eigenvalue weighted by Crippen LogP contribution is 2.29. The summed E-state index contributed by atoms with van der Waals surface area (Å²) >= 11 is 0. The SMILES string of the molecule is NC(=O)c1c(N)n(COC(CO)CO)c2ncnc(N)c12. The highest BCUT2D eigenvalue weighted by atomic mass is 16.5. The number of ether oxygens (including phenoxy) is 1. The van der Waals surface area contributed by atoms with Gasteiger partial charge in [0.2, 0.25) is 0 Å². The average Bonchev–Trinajstić information content (AvgIpc) is 2.74. The largest absolute Gasteiger partial charge is 0.394 e. The van der Waals surface area contributed by atoms with Crippen LogP contribution in [0.5, 0.6) is 0 Å². The number of fused-ring (bicyclic) bond motifs is 1. The molecule has 0 aliphatic rings. The number of hydrogen-bond donors (Lipinski definition) is 5. The standard InChI is InChI=1S/C11H16N6O4/c12-8-6-7(10(14)20)9(13)17(11(6)16-3-15-8)4-21-5(1-18)2-19/h3,5,18-19H,1-2,4,13H2,(H2,14,20)(H2,12,15,16). The van der Waals surface area contributed by atoms with Gasteiger partial charge >= 0.3 is 0 Å². The number of primary amides is 1. The molecule has 2 rings (SSSR count). The van der Waals surface area contributed by atoms with Crippen LogP contribution in [0.4, 0.5) is 11.6 Å². The molecular weight excluding hydrogens is 280 g/mol. The van der Waals surface area contributed by atoms with Crippen LogP contribution in [0.3, 0.4) is 0 Å². The Bertz CT molecular complexity index is 666. The second-order valence-electron chi connectivity index (χ2n) is 4.29. The Balaban J connectivity index is 2.51. The maximum atomic E-state index is 11.5. The lowest BCUT2D eigenvalue weighted by atomic mass is 10.2. The molecule has 0 aliphatic heterocycles. The van der Waals surface area contributed by atoms with Crippen LogP contribution < -0.4 is 17.2 Å². The maximum absolute atomic E-state index is 11.5. The number of aliphatic hydroxyl groups is 2. The number of carbonyl (C=O) groups excluding carboxylic acids is 1. The van der Waals surface area contributed by atoms with Crippen molar-refractivity contribution >= 4 is 28.6 Å². The van der Waals surface area contributed by atoms with Gasteiger partial charge in [-0.25, -0.2) is 9.97 Å². The van der Waals surface area contributed by atoms with E-state index in [-0.39, 0.29) is 48.2 Å². The van der Waals surface area contributed by atoms with Crippen molar-refractivity contribution in [1.29, 1.82) is 0 Å². The molecule has 0 unspecified atom stereocenters. The first-order valence-corrected chi connectivity index (χ1v) is 6.02. The number of aromatic nitrogens is 3. The second-order valence-corrected chi connectivity index (χ2v) is 4.29. The first kappa shape index (κ1) is 15.0. The van der Waals surface area contributed by atoms with Gasteiger partial charge < -0.3 is 32.2 Å². The fourth-order valence-corrected chi connectivity index (χ4v) is 1.93. The van der Waals surface area contributed by atoms with Gasteiger partial charge in [0.25, 0.3) is 5.91 Å². The molecule has 0 spiro atoms. The molecule has 10 heteroatoms. The zero-order chi connectivity index (χ0) is 15.6. The molecular formula is C11H16N6O4. The van der Waals surface area contributed by atoms with E-state index in [0.29, 0.717) is 0 Å². The third kappa shape index (κ3) is 2.59. The van der Waals surface area contributed by atoms with E-state index in [2.05, 4.69) is 9.97 Å². The molecule has 1 amide bonds. The molecule has 0 bridgehead atoms. The van der Waals surface area contributed by atoms with Gasteiger partial charge in [-0.15, -0.1) is 0 Å². The lowest BCUT2D eigenvalue weighted by Crippen LogP contribution is -2.24. The number of carbonyl (C=O) groups is 1. The molecule has 0 aliphatic carbocycles. The minimum Gasteiger partial charge on any atom is -0.394 e. The van der Waals surface area contributed by atoms with Gasteiger partial charge in [-0.2, -0.15) is 0 Å². The monoisotopic (exact) mass is 296 g/mol. The van der Waals surface area contributed by atoms with Gasteiger partial charge in [-0.05, 0) is 0 Å². The Hall–Kier alpha value is -2.43. The van der Waals surface area contributed by atoms with Gasteiger partial charge in [-0.1, -0.05) is 0 Å². The summed E-state index contributed by atoms with van der Waals surface area (Å²) in [7, 11) is 0. The molecule has 0 atom stereocenters. The topological polar surface area (TPSA) is 176 Å². The number of nitrogens with two attached hydrogens (primary N) is 3. The molecule has 2 aromatic rings. The normalized spacial score (nSPS) is 11.4. The molecule has 2 heterocycles. The predicted octanol–water partition coefficient (Wildman–Crippen LogP) is -1.98. The van der Waals surface area contributed by atoms with Crippen LogP contribution >= 0.6 is 0 Å². The van der Waals surface area contributed by atoms with E-state index in [1.165, 1.54) is 10.9 Å². The highest BCUT2D eigenvalue weighted by molar-refractivity contribution is 6.13. The van der Waals surface area contributed by atoms with E-state index in [9.17, 15) is 4.79 Å². The van der Waals surface area contributed by atoms with E-state index in [4.69, 9.17) is 32.2 Å². The quantitative estimate of drug-likeness (QED) is 0.407. The fraction of sp³-hybridized carbons (Fsp3) is 0.364. The second kappa shape index (κ2) is 5.91. The molecule has 0 fully saturated rings. The van der Waals surface area contributed by atoms with Crippen LogP contribution in [0, 0.1) is 0 Å². The molecule has 0 radical (unpaired) electrons. The van der Waals surface area contributed by atoms with Crippen LogP contribution in [0.1, 0.15) is 10.4 Å². The van der Waals surface area contributed by atoms with Crippen molar-refractivity contribution in [3.8, 4) is 0 Å². The first-order valence-electron chi connectivity index (χ1n) is 6.02. The lowest BCUT2D eigenvalue weighted by molar-refractivity contribution is -0.0481. The zero-order valence-electron chi connectivity index (χ0n) is 11.1. The minimum atomic E-state index is -0.780. The third-order valence-electron chi connectivity index (χ3n) is 3.00. The average molecular weight is 296 g/mol. The van der Waals surface area contributed by atoms with Crippen molar-refractivity contribution < 1.29 is 19.7 Å². The number of rotatable bonds is 6. The van der Waals surface area contributed by atoms with E-state index >= 15 is 0 Å². The van der Waals surface area contributed by atoms with Crippen LogP contribution in [-0.4, -0.2) is 50.0 Å². The number of amides is 1. The van der Waals surface area contributed by atoms with Crippen molar-refractivity contribution in [3.05, 3.63) is 11.9 Å². The Morgan fingerprint density at radius 2 is 2.00 bits per heavy atom. The minimum absolute atomic E-state index is 0.0104. The van der Waals surface area contributed by atoms with Gasteiger partial charge in [0.15, 0.2) is 0 Å². The Morgan fingerprint density at radius 1 is 1.33 bits per heavy atom. The van der Waals surface area contributed by atoms with Crippen molar-refractivity contribution in [3.63, 3.8) is 0 Å². The van der Waals surface area contributed by atoms with Crippen LogP contribution in [0.2, 0.25) is 0 Å². The maximum Gasteiger partial charge on any atom is 0.253 e. The number of aliphatic hydroxyl groups excluding tert-OH is 2. The van der Waals surface area contributed by atoms with Gasteiger partial charge in [-0.3, -0.25) is 9.36 Å². The smallest absolute Gasteiger partial charge is 0.253 e. The molecule has 2 aromatic heterocycles. The highest BCUT2D eigenvalue weighted by Gasteiger charge is 2.23. The van der Waals surface area contributed by atoms with Gasteiger partial charge in [0, 0.05) is 0 Å². The molecule has 21 heavy (non-hydrogen) atoms. The molecule has 0 saturated carbocycles. The van der Waals surface area contributed by atoms with Crippen molar-refractivity contribution in [2.24, 2.45) is 5.73 Å². The van der Waals surface area contributed by atoms with Crippen LogP contribution in [0.15, 0.2) is 6.33 Å². The van der Waals surface area contributed by atoms with Crippen molar-refractivity contribution in [2.75, 3.05) is 24.7 Å². The lowest BCUT2D eigenvalue weighted by Gasteiger charge is -2.14. The number of nitrogen functional groups attached to an aromatic ring is 2. The molecule has 0 saturated heterocycles. The summed E-state index contributed by atoms with van der Waals surface area (Å²) in [6.07, 6.45) is 0.437. The van der Waals surface area contributed by atoms with Gasteiger partial charge in [0.05, 0.1) is 24.2 Å². The summed E-state index contributed by atoms with van der Waals surface area (Å²) in [6, 6.07) is 0. The van der Waals surface area contributed by atoms with E-state index in [1.807, 2.05) is 0 Å². The third-order valence-corrected chi connectivity index (χ3v) is 3.00. The van der Waals surface area contributed by atoms with Crippen LogP contribution in [-0.2, 0) is 11.5 Å². The summed E-state index contributed by atoms with van der Waals surface area (Å²) in [5, 5.41) is 18.2. The number of anilines is 2. The van der Waals surface area contributed by atoms with E-state index in [1.54, 1.807) is 0 Å². The Kier molecular flexibility index (Phi) is 4.21. The van der Waals surface area contributed by atoms with Crippen molar-refractivity contribution in [2.45, 2.75) is 12.8 Å². The molecule has 10 nitrogen and oxygen atoms in total. The Morgan fingerprint density at radius 3 is 2.57 bits per heavy atom. The summed E-state index contributed by atoms with van der Waals surface area (Å²) in [6.45, 7) is -0.872. The predicted molar refractivity (Wildman–Crippen MR) is 73.9 cm³/mol. The Labute approximate surface area is 119 Å². The summed E-state index contributed by atoms with van der Waals surface area (Å²) in [5.74, 6) is -0.668. The van der Waals surface area contributed by atoms with E-state index in [0.717, 1.165) is 0 Å². The van der Waals surface area contributed by atoms with Crippen LogP contribution in [0.25, 0.3) is 11.0 Å². The van der Waals surface area contributed by atoms with Gasteiger partial charge in [0.1, 0.15) is 36.4 Å². The first-order chi connectivity index (χ1) is 10.0. The van der Waals surface area contributed by atoms with Crippen molar-refractivity contribution in [1.82, 2.24) is 14.5 Å². The molecule has 0 aromatic carbocycles. The van der Waals surface area contributed by atoms with E-state index < -0.39 is 12.0 Å². The molecule has 8 N–H and O–H groups in total.